The van der Waals surface area contributed by atoms with Gasteiger partial charge in [0, 0.05) is 37.4 Å². The molecule has 0 amide bonds. The van der Waals surface area contributed by atoms with E-state index in [0.717, 1.165) is 31.4 Å². The number of para-hydroxylation sites is 1. The molecule has 0 spiro atoms. The van der Waals surface area contributed by atoms with E-state index in [0.29, 0.717) is 12.1 Å². The number of halogens is 2. The Balaban J connectivity index is 1.92. The van der Waals surface area contributed by atoms with Crippen LogP contribution in [0.3, 0.4) is 0 Å². The van der Waals surface area contributed by atoms with Gasteiger partial charge in [-0.2, -0.15) is 0 Å². The summed E-state index contributed by atoms with van der Waals surface area (Å²) in [6, 6.07) is 12.4. The molecule has 2 nitrogen and oxygen atoms in total. The summed E-state index contributed by atoms with van der Waals surface area (Å²) in [7, 11) is 0. The molecule has 4 heteroatoms. The molecule has 1 aliphatic heterocycles. The Hall–Kier alpha value is -1.94. The lowest BCUT2D eigenvalue weighted by atomic mass is 10.1. The van der Waals surface area contributed by atoms with Crippen molar-refractivity contribution in [3.8, 4) is 0 Å². The van der Waals surface area contributed by atoms with Crippen LogP contribution in [0.25, 0.3) is 0 Å². The van der Waals surface area contributed by atoms with Crippen LogP contribution < -0.4 is 10.2 Å². The van der Waals surface area contributed by atoms with Crippen LogP contribution in [0.1, 0.15) is 11.1 Å². The summed E-state index contributed by atoms with van der Waals surface area (Å²) < 4.78 is 27.1. The number of anilines is 1. The first-order valence-electron chi connectivity index (χ1n) is 6.72. The maximum Gasteiger partial charge on any atom is 0.163 e. The predicted octanol–water partition coefficient (Wildman–Crippen LogP) is 3.07. The minimum atomic E-state index is -0.788. The molecule has 2 aromatic rings. The molecule has 0 saturated heterocycles. The molecule has 1 heterocycles. The first-order chi connectivity index (χ1) is 9.75. The van der Waals surface area contributed by atoms with Gasteiger partial charge in [-0.3, -0.25) is 0 Å². The smallest absolute Gasteiger partial charge is 0.163 e. The van der Waals surface area contributed by atoms with E-state index < -0.39 is 11.6 Å². The van der Waals surface area contributed by atoms with Crippen LogP contribution in [-0.4, -0.2) is 13.1 Å². The van der Waals surface area contributed by atoms with E-state index in [2.05, 4.69) is 16.3 Å². The highest BCUT2D eigenvalue weighted by molar-refractivity contribution is 5.54. The molecular weight excluding hydrogens is 258 g/mol. The van der Waals surface area contributed by atoms with Crippen molar-refractivity contribution in [3.63, 3.8) is 0 Å². The number of hydrogen-bond donors (Lipinski definition) is 1. The van der Waals surface area contributed by atoms with Gasteiger partial charge in [0.1, 0.15) is 0 Å². The van der Waals surface area contributed by atoms with Gasteiger partial charge < -0.3 is 10.2 Å². The molecule has 0 unspecified atom stereocenters. The lowest BCUT2D eigenvalue weighted by Crippen LogP contribution is -2.28. The molecule has 0 bridgehead atoms. The Labute approximate surface area is 117 Å². The summed E-state index contributed by atoms with van der Waals surface area (Å²) in [5, 5.41) is 3.34. The summed E-state index contributed by atoms with van der Waals surface area (Å²) in [6.45, 7) is 2.78. The lowest BCUT2D eigenvalue weighted by Gasteiger charge is -2.25. The summed E-state index contributed by atoms with van der Waals surface area (Å²) in [5.74, 6) is -1.54. The molecular formula is C16H16F2N2. The fraction of sp³-hybridized carbons (Fsp3) is 0.250. The quantitative estimate of drug-likeness (QED) is 0.905. The van der Waals surface area contributed by atoms with Crippen molar-refractivity contribution in [1.82, 2.24) is 5.32 Å². The summed E-state index contributed by atoms with van der Waals surface area (Å²) in [4.78, 5) is 2.09. The fourth-order valence-corrected chi connectivity index (χ4v) is 2.57. The Kier molecular flexibility index (Phi) is 3.65. The molecule has 0 saturated carbocycles. The van der Waals surface area contributed by atoms with Gasteiger partial charge in [-0.05, 0) is 17.7 Å². The van der Waals surface area contributed by atoms with Crippen LogP contribution in [0.15, 0.2) is 42.5 Å². The van der Waals surface area contributed by atoms with Crippen LogP contribution in [0.2, 0.25) is 0 Å². The molecule has 1 aliphatic rings. The van der Waals surface area contributed by atoms with Gasteiger partial charge in [0.05, 0.1) is 0 Å². The molecule has 0 radical (unpaired) electrons. The van der Waals surface area contributed by atoms with Gasteiger partial charge in [0.2, 0.25) is 0 Å². The van der Waals surface area contributed by atoms with Crippen LogP contribution >= 0.6 is 0 Å². The van der Waals surface area contributed by atoms with Crippen molar-refractivity contribution in [3.05, 3.63) is 65.2 Å². The Morgan fingerprint density at radius 1 is 1.05 bits per heavy atom. The molecule has 3 rings (SSSR count). The van der Waals surface area contributed by atoms with Crippen molar-refractivity contribution in [2.45, 2.75) is 13.1 Å². The van der Waals surface area contributed by atoms with Crippen molar-refractivity contribution in [1.29, 1.82) is 0 Å². The van der Waals surface area contributed by atoms with Crippen molar-refractivity contribution < 1.29 is 8.78 Å². The molecule has 20 heavy (non-hydrogen) atoms. The van der Waals surface area contributed by atoms with E-state index in [1.807, 2.05) is 18.2 Å². The van der Waals surface area contributed by atoms with Gasteiger partial charge in [0.15, 0.2) is 11.6 Å². The highest BCUT2D eigenvalue weighted by atomic mass is 19.2. The Bertz CT molecular complexity index is 613. The second-order valence-electron chi connectivity index (χ2n) is 4.94. The first-order valence-corrected chi connectivity index (χ1v) is 6.72. The van der Waals surface area contributed by atoms with E-state index in [4.69, 9.17) is 0 Å². The molecule has 2 aromatic carbocycles. The van der Waals surface area contributed by atoms with Crippen molar-refractivity contribution in [2.75, 3.05) is 18.0 Å². The normalized spacial score (nSPS) is 14.8. The number of benzene rings is 2. The third-order valence-corrected chi connectivity index (χ3v) is 3.60. The van der Waals surface area contributed by atoms with Gasteiger partial charge in [0.25, 0.3) is 0 Å². The van der Waals surface area contributed by atoms with Crippen LogP contribution in [0, 0.1) is 11.6 Å². The third kappa shape index (κ3) is 2.51. The van der Waals surface area contributed by atoms with Crippen molar-refractivity contribution in [2.24, 2.45) is 0 Å². The first kappa shape index (κ1) is 13.1. The molecule has 0 aromatic heterocycles. The molecule has 104 valence electrons. The monoisotopic (exact) mass is 274 g/mol. The van der Waals surface area contributed by atoms with Crippen LogP contribution in [0.5, 0.6) is 0 Å². The average Bonchev–Trinajstić information content (AvgIpc) is 2.67. The summed E-state index contributed by atoms with van der Waals surface area (Å²) in [5.41, 5.74) is 2.66. The van der Waals surface area contributed by atoms with E-state index in [1.54, 1.807) is 12.1 Å². The zero-order chi connectivity index (χ0) is 13.9. The number of fused-ring (bicyclic) bond motifs is 1. The molecule has 1 N–H and O–H groups in total. The van der Waals surface area contributed by atoms with Gasteiger partial charge >= 0.3 is 0 Å². The van der Waals surface area contributed by atoms with E-state index >= 15 is 0 Å². The minimum Gasteiger partial charge on any atom is -0.366 e. The maximum atomic E-state index is 13.8. The van der Waals surface area contributed by atoms with Gasteiger partial charge in [-0.15, -0.1) is 0 Å². The predicted molar refractivity (Wildman–Crippen MR) is 75.6 cm³/mol. The molecule has 0 atom stereocenters. The zero-order valence-electron chi connectivity index (χ0n) is 11.1. The lowest BCUT2D eigenvalue weighted by molar-refractivity contribution is 0.497. The Morgan fingerprint density at radius 3 is 2.80 bits per heavy atom. The number of hydrogen-bond acceptors (Lipinski definition) is 2. The second-order valence-corrected chi connectivity index (χ2v) is 4.94. The summed E-state index contributed by atoms with van der Waals surface area (Å²) in [6.07, 6.45) is 0. The van der Waals surface area contributed by atoms with Crippen LogP contribution in [0.4, 0.5) is 14.5 Å². The fourth-order valence-electron chi connectivity index (χ4n) is 2.57. The highest BCUT2D eigenvalue weighted by Gasteiger charge is 2.17. The SMILES string of the molecule is Fc1cccc(CN2CCNCc3ccccc32)c1F. The Morgan fingerprint density at radius 2 is 1.90 bits per heavy atom. The van der Waals surface area contributed by atoms with E-state index in [1.165, 1.54) is 5.56 Å². The van der Waals surface area contributed by atoms with Gasteiger partial charge in [-0.25, -0.2) is 8.78 Å². The maximum absolute atomic E-state index is 13.8. The summed E-state index contributed by atoms with van der Waals surface area (Å²) >= 11 is 0. The third-order valence-electron chi connectivity index (χ3n) is 3.60. The van der Waals surface area contributed by atoms with Gasteiger partial charge in [-0.1, -0.05) is 30.3 Å². The van der Waals surface area contributed by atoms with E-state index in [-0.39, 0.29) is 0 Å². The number of nitrogens with zero attached hydrogens (tertiary/aromatic N) is 1. The second kappa shape index (κ2) is 5.59. The van der Waals surface area contributed by atoms with Crippen molar-refractivity contribution >= 4 is 5.69 Å². The number of rotatable bonds is 2. The standard InChI is InChI=1S/C16H16F2N2/c17-14-6-3-5-13(16(14)18)11-20-9-8-19-10-12-4-1-2-7-15(12)20/h1-7,19H,8-11H2. The van der Waals surface area contributed by atoms with E-state index in [9.17, 15) is 8.78 Å². The zero-order valence-corrected chi connectivity index (χ0v) is 11.1. The highest BCUT2D eigenvalue weighted by Crippen LogP contribution is 2.24. The minimum absolute atomic E-state index is 0.377. The molecule has 0 fully saturated rings. The topological polar surface area (TPSA) is 15.3 Å². The average molecular weight is 274 g/mol. The largest absolute Gasteiger partial charge is 0.366 e. The number of nitrogens with one attached hydrogen (secondary N) is 1. The molecule has 0 aliphatic carbocycles. The van der Waals surface area contributed by atoms with Crippen LogP contribution in [-0.2, 0) is 13.1 Å².